The molecule has 1 aromatic heterocycles. The van der Waals surface area contributed by atoms with Gasteiger partial charge in [0.15, 0.2) is 5.58 Å². The molecule has 2 unspecified atom stereocenters. The summed E-state index contributed by atoms with van der Waals surface area (Å²) in [7, 11) is 0. The van der Waals surface area contributed by atoms with E-state index < -0.39 is 0 Å². The van der Waals surface area contributed by atoms with Crippen LogP contribution in [0.25, 0.3) is 44.8 Å². The standard InChI is InChI=1S/C46H34N2OS/c1-46(2)39-14-8-6-12-35(39)36-23-20-32(26-40(36)46)48(34-21-24-38-37-13-7-9-15-43(37)50-44(38)28-34)33-22-25-42-41(27-33)47-45(49-42)31-18-16-30(17-19-31)29-10-4-3-5-11-29/h3-28,38,44H,1-2H3. The molecule has 0 radical (unpaired) electrons. The normalized spacial score (nSPS) is 17.9. The zero-order valence-corrected chi connectivity index (χ0v) is 28.7. The van der Waals surface area contributed by atoms with E-state index in [1.807, 2.05) is 17.8 Å². The maximum absolute atomic E-state index is 6.34. The summed E-state index contributed by atoms with van der Waals surface area (Å²) >= 11 is 1.96. The minimum absolute atomic E-state index is 0.0978. The summed E-state index contributed by atoms with van der Waals surface area (Å²) in [4.78, 5) is 8.80. The number of oxazole rings is 1. The predicted molar refractivity (Wildman–Crippen MR) is 207 cm³/mol. The molecule has 3 aliphatic rings. The van der Waals surface area contributed by atoms with Crippen LogP contribution >= 0.6 is 11.8 Å². The molecule has 3 nitrogen and oxygen atoms in total. The monoisotopic (exact) mass is 662 g/mol. The number of aromatic nitrogens is 1. The largest absolute Gasteiger partial charge is 0.436 e. The molecule has 0 amide bonds. The smallest absolute Gasteiger partial charge is 0.227 e. The number of rotatable bonds is 5. The van der Waals surface area contributed by atoms with Crippen LogP contribution in [0, 0.1) is 0 Å². The fraction of sp³-hybridized carbons (Fsp3) is 0.109. The summed E-state index contributed by atoms with van der Waals surface area (Å²) in [6.07, 6.45) is 7.16. The highest BCUT2D eigenvalue weighted by Gasteiger charge is 2.37. The van der Waals surface area contributed by atoms with E-state index in [0.29, 0.717) is 17.1 Å². The van der Waals surface area contributed by atoms with E-state index in [1.165, 1.54) is 49.5 Å². The number of hydrogen-bond donors (Lipinski definition) is 0. The molecule has 0 bridgehead atoms. The summed E-state index contributed by atoms with van der Waals surface area (Å²) in [6, 6.07) is 50.0. The molecule has 50 heavy (non-hydrogen) atoms. The number of hydrogen-bond acceptors (Lipinski definition) is 4. The quantitative estimate of drug-likeness (QED) is 0.183. The average molecular weight is 663 g/mol. The molecule has 1 aliphatic heterocycles. The lowest BCUT2D eigenvalue weighted by atomic mass is 9.82. The fourth-order valence-electron chi connectivity index (χ4n) is 8.08. The van der Waals surface area contributed by atoms with Gasteiger partial charge in [0.1, 0.15) is 5.52 Å². The Morgan fingerprint density at radius 2 is 1.36 bits per heavy atom. The van der Waals surface area contributed by atoms with Crippen molar-refractivity contribution in [3.8, 4) is 33.7 Å². The second-order valence-electron chi connectivity index (χ2n) is 13.9. The van der Waals surface area contributed by atoms with Crippen molar-refractivity contribution >= 4 is 34.2 Å². The second kappa shape index (κ2) is 11.2. The molecular weight excluding hydrogens is 629 g/mol. The minimum Gasteiger partial charge on any atom is -0.436 e. The third kappa shape index (κ3) is 4.63. The van der Waals surface area contributed by atoms with E-state index >= 15 is 0 Å². The molecule has 0 spiro atoms. The lowest BCUT2D eigenvalue weighted by molar-refractivity contribution is 0.620. The Bertz CT molecular complexity index is 2510. The molecule has 10 rings (SSSR count). The van der Waals surface area contributed by atoms with Crippen LogP contribution in [0.5, 0.6) is 0 Å². The van der Waals surface area contributed by atoms with Crippen LogP contribution in [-0.4, -0.2) is 10.2 Å². The van der Waals surface area contributed by atoms with Gasteiger partial charge in [-0.2, -0.15) is 0 Å². The third-order valence-electron chi connectivity index (χ3n) is 10.7. The Kier molecular flexibility index (Phi) is 6.59. The van der Waals surface area contributed by atoms with E-state index in [2.05, 4.69) is 170 Å². The molecule has 2 aliphatic carbocycles. The molecular formula is C46H34N2OS. The Morgan fingerprint density at radius 3 is 2.24 bits per heavy atom. The van der Waals surface area contributed by atoms with Gasteiger partial charge in [0.25, 0.3) is 0 Å². The van der Waals surface area contributed by atoms with Gasteiger partial charge >= 0.3 is 0 Å². The molecule has 0 fully saturated rings. The minimum atomic E-state index is -0.0978. The molecule has 7 aromatic rings. The SMILES string of the molecule is CC1(C)c2ccccc2-c2ccc(N(C3=CC4Sc5ccccc5C4C=C3)c3ccc4oc(-c5ccc(-c6ccccc6)cc5)nc4c3)cc21. The van der Waals surface area contributed by atoms with Crippen molar-refractivity contribution in [1.82, 2.24) is 4.98 Å². The topological polar surface area (TPSA) is 29.3 Å². The first-order chi connectivity index (χ1) is 24.5. The number of nitrogens with zero attached hydrogens (tertiary/aromatic N) is 2. The Hall–Kier alpha value is -5.58. The van der Waals surface area contributed by atoms with Crippen LogP contribution in [-0.2, 0) is 5.41 Å². The maximum Gasteiger partial charge on any atom is 0.227 e. The van der Waals surface area contributed by atoms with Gasteiger partial charge in [-0.1, -0.05) is 111 Å². The summed E-state index contributed by atoms with van der Waals surface area (Å²) in [5.74, 6) is 1.00. The Labute approximate surface area is 296 Å². The van der Waals surface area contributed by atoms with Crippen molar-refractivity contribution in [2.75, 3.05) is 4.90 Å². The molecule has 0 saturated carbocycles. The summed E-state index contributed by atoms with van der Waals surface area (Å²) in [6.45, 7) is 4.69. The van der Waals surface area contributed by atoms with E-state index in [9.17, 15) is 0 Å². The highest BCUT2D eigenvalue weighted by Crippen LogP contribution is 2.52. The molecule has 240 valence electrons. The van der Waals surface area contributed by atoms with Crippen LogP contribution in [0.15, 0.2) is 173 Å². The zero-order chi connectivity index (χ0) is 33.4. The van der Waals surface area contributed by atoms with Crippen molar-refractivity contribution in [1.29, 1.82) is 0 Å². The summed E-state index contributed by atoms with van der Waals surface area (Å²) in [5, 5.41) is 0.339. The second-order valence-corrected chi connectivity index (χ2v) is 15.2. The Balaban J connectivity index is 1.06. The first-order valence-corrected chi connectivity index (χ1v) is 18.2. The van der Waals surface area contributed by atoms with Crippen LogP contribution in [0.1, 0.15) is 36.5 Å². The van der Waals surface area contributed by atoms with Crippen LogP contribution < -0.4 is 4.90 Å². The lowest BCUT2D eigenvalue weighted by Gasteiger charge is -2.31. The van der Waals surface area contributed by atoms with Crippen LogP contribution in [0.4, 0.5) is 11.4 Å². The van der Waals surface area contributed by atoms with Gasteiger partial charge in [-0.15, -0.1) is 11.8 Å². The van der Waals surface area contributed by atoms with E-state index in [1.54, 1.807) is 0 Å². The van der Waals surface area contributed by atoms with Crippen molar-refractivity contribution in [3.05, 3.63) is 180 Å². The molecule has 4 heteroatoms. The van der Waals surface area contributed by atoms with Gasteiger partial charge in [0, 0.05) is 44.1 Å². The highest BCUT2D eigenvalue weighted by atomic mass is 32.2. The van der Waals surface area contributed by atoms with Crippen molar-refractivity contribution in [2.24, 2.45) is 0 Å². The zero-order valence-electron chi connectivity index (χ0n) is 27.9. The van der Waals surface area contributed by atoms with E-state index in [-0.39, 0.29) is 5.41 Å². The first kappa shape index (κ1) is 29.3. The fourth-order valence-corrected chi connectivity index (χ4v) is 9.46. The van der Waals surface area contributed by atoms with Crippen molar-refractivity contribution in [3.63, 3.8) is 0 Å². The number of benzene rings is 6. The van der Waals surface area contributed by atoms with Gasteiger partial charge in [-0.25, -0.2) is 4.98 Å². The lowest BCUT2D eigenvalue weighted by Crippen LogP contribution is -2.21. The van der Waals surface area contributed by atoms with Crippen LogP contribution in [0.3, 0.4) is 0 Å². The molecule has 0 N–H and O–H groups in total. The third-order valence-corrected chi connectivity index (χ3v) is 12.0. The van der Waals surface area contributed by atoms with E-state index in [0.717, 1.165) is 28.0 Å². The van der Waals surface area contributed by atoms with Gasteiger partial charge in [0.05, 0.1) is 0 Å². The van der Waals surface area contributed by atoms with E-state index in [4.69, 9.17) is 9.40 Å². The molecule has 6 aromatic carbocycles. The summed E-state index contributed by atoms with van der Waals surface area (Å²) in [5.41, 5.74) is 15.0. The van der Waals surface area contributed by atoms with Crippen molar-refractivity contribution in [2.45, 2.75) is 35.3 Å². The number of allylic oxidation sites excluding steroid dienone is 2. The first-order valence-electron chi connectivity index (χ1n) is 17.3. The molecule has 2 heterocycles. The highest BCUT2D eigenvalue weighted by molar-refractivity contribution is 8.00. The molecule has 0 saturated heterocycles. The van der Waals surface area contributed by atoms with Gasteiger partial charge < -0.3 is 9.32 Å². The number of anilines is 2. The van der Waals surface area contributed by atoms with Gasteiger partial charge in [-0.3, -0.25) is 0 Å². The number of fused-ring (bicyclic) bond motifs is 7. The summed E-state index contributed by atoms with van der Waals surface area (Å²) < 4.78 is 6.34. The molecule has 2 atom stereocenters. The van der Waals surface area contributed by atoms with Gasteiger partial charge in [-0.05, 0) is 99.6 Å². The van der Waals surface area contributed by atoms with Crippen LogP contribution in [0.2, 0.25) is 0 Å². The van der Waals surface area contributed by atoms with Gasteiger partial charge in [0.2, 0.25) is 5.89 Å². The van der Waals surface area contributed by atoms with Crippen molar-refractivity contribution < 1.29 is 4.42 Å². The number of thioether (sulfide) groups is 1. The predicted octanol–water partition coefficient (Wildman–Crippen LogP) is 12.3. The Morgan fingerprint density at radius 1 is 0.660 bits per heavy atom. The maximum atomic E-state index is 6.34. The average Bonchev–Trinajstić information content (AvgIpc) is 3.82.